The second-order valence-corrected chi connectivity index (χ2v) is 5.07. The zero-order valence-corrected chi connectivity index (χ0v) is 11.8. The molecule has 0 spiro atoms. The summed E-state index contributed by atoms with van der Waals surface area (Å²) < 4.78 is 0.998. The van der Waals surface area contributed by atoms with Crippen LogP contribution in [0.1, 0.15) is 25.8 Å². The monoisotopic (exact) mass is 298 g/mol. The van der Waals surface area contributed by atoms with Gasteiger partial charge in [0.15, 0.2) is 0 Å². The fourth-order valence-electron chi connectivity index (χ4n) is 1.45. The second-order valence-electron chi connectivity index (χ2n) is 4.22. The van der Waals surface area contributed by atoms with Gasteiger partial charge in [0.05, 0.1) is 6.04 Å². The van der Waals surface area contributed by atoms with Gasteiger partial charge in [0.1, 0.15) is 0 Å². The molecule has 1 amide bonds. The number of carbonyl (C=O) groups excluding carboxylic acids is 1. The molecule has 3 N–H and O–H groups in total. The van der Waals surface area contributed by atoms with Gasteiger partial charge in [0.2, 0.25) is 5.91 Å². The lowest BCUT2D eigenvalue weighted by molar-refractivity contribution is -0.123. The molecule has 94 valence electrons. The van der Waals surface area contributed by atoms with Crippen LogP contribution in [-0.2, 0) is 11.3 Å². The van der Waals surface area contributed by atoms with E-state index in [2.05, 4.69) is 21.2 Å². The molecule has 0 saturated heterocycles. The lowest BCUT2D eigenvalue weighted by Crippen LogP contribution is -2.44. The Hall–Kier alpha value is -0.870. The van der Waals surface area contributed by atoms with Crippen LogP contribution in [0, 0.1) is 5.92 Å². The van der Waals surface area contributed by atoms with Crippen LogP contribution in [0.2, 0.25) is 0 Å². The Morgan fingerprint density at radius 1 is 1.47 bits per heavy atom. The van der Waals surface area contributed by atoms with Crippen LogP contribution < -0.4 is 11.1 Å². The van der Waals surface area contributed by atoms with Crippen LogP contribution >= 0.6 is 15.9 Å². The van der Waals surface area contributed by atoms with Crippen molar-refractivity contribution in [3.63, 3.8) is 0 Å². The number of rotatable bonds is 5. The number of nitrogens with one attached hydrogen (secondary N) is 1. The maximum Gasteiger partial charge on any atom is 0.237 e. The average molecular weight is 299 g/mol. The average Bonchev–Trinajstić information content (AvgIpc) is 2.35. The first kappa shape index (κ1) is 14.2. The Kier molecular flexibility index (Phi) is 5.65. The molecule has 0 unspecified atom stereocenters. The van der Waals surface area contributed by atoms with Crippen molar-refractivity contribution < 1.29 is 4.79 Å². The minimum absolute atomic E-state index is 0.0879. The molecule has 0 aromatic heterocycles. The van der Waals surface area contributed by atoms with Gasteiger partial charge in [-0.15, -0.1) is 0 Å². The van der Waals surface area contributed by atoms with E-state index in [0.717, 1.165) is 16.5 Å². The van der Waals surface area contributed by atoms with Crippen LogP contribution in [0.25, 0.3) is 0 Å². The van der Waals surface area contributed by atoms with E-state index in [1.165, 1.54) is 0 Å². The van der Waals surface area contributed by atoms with Crippen molar-refractivity contribution in [1.29, 1.82) is 0 Å². The van der Waals surface area contributed by atoms with Crippen LogP contribution in [0.3, 0.4) is 0 Å². The molecule has 0 aliphatic carbocycles. The van der Waals surface area contributed by atoms with Crippen molar-refractivity contribution in [2.45, 2.75) is 32.9 Å². The van der Waals surface area contributed by atoms with E-state index in [1.807, 2.05) is 38.1 Å². The number of hydrogen-bond donors (Lipinski definition) is 2. The van der Waals surface area contributed by atoms with Gasteiger partial charge in [-0.2, -0.15) is 0 Å². The highest BCUT2D eigenvalue weighted by Gasteiger charge is 2.18. The summed E-state index contributed by atoms with van der Waals surface area (Å²) in [7, 11) is 0. The van der Waals surface area contributed by atoms with Gasteiger partial charge < -0.3 is 11.1 Å². The molecule has 0 saturated carbocycles. The van der Waals surface area contributed by atoms with E-state index in [1.54, 1.807) is 0 Å². The summed E-state index contributed by atoms with van der Waals surface area (Å²) in [6, 6.07) is 7.39. The first-order valence-corrected chi connectivity index (χ1v) is 6.62. The molecule has 3 nitrogen and oxygen atoms in total. The molecule has 1 aromatic carbocycles. The smallest absolute Gasteiger partial charge is 0.237 e. The molecule has 0 fully saturated rings. The largest absolute Gasteiger partial charge is 0.351 e. The highest BCUT2D eigenvalue weighted by Crippen LogP contribution is 2.15. The minimum Gasteiger partial charge on any atom is -0.351 e. The van der Waals surface area contributed by atoms with E-state index in [4.69, 9.17) is 5.73 Å². The van der Waals surface area contributed by atoms with E-state index in [0.29, 0.717) is 6.54 Å². The molecule has 0 heterocycles. The molecule has 4 heteroatoms. The molecule has 2 atom stereocenters. The predicted octanol–water partition coefficient (Wildman–Crippen LogP) is 2.44. The van der Waals surface area contributed by atoms with E-state index >= 15 is 0 Å². The first-order chi connectivity index (χ1) is 8.06. The van der Waals surface area contributed by atoms with Gasteiger partial charge in [0.25, 0.3) is 0 Å². The lowest BCUT2D eigenvalue weighted by atomic mass is 9.99. The molecule has 1 aromatic rings. The second kappa shape index (κ2) is 6.77. The Morgan fingerprint density at radius 3 is 2.71 bits per heavy atom. The van der Waals surface area contributed by atoms with Crippen molar-refractivity contribution in [3.8, 4) is 0 Å². The van der Waals surface area contributed by atoms with Crippen molar-refractivity contribution in [2.24, 2.45) is 11.7 Å². The Bertz CT molecular complexity index is 381. The molecule has 0 bridgehead atoms. The van der Waals surface area contributed by atoms with Crippen LogP contribution in [0.4, 0.5) is 0 Å². The molecule has 0 aliphatic rings. The van der Waals surface area contributed by atoms with Crippen molar-refractivity contribution in [3.05, 3.63) is 34.3 Å². The standard InChI is InChI=1S/C13H19BrN2O/c1-3-9(2)12(15)13(17)16-8-10-6-4-5-7-11(10)14/h4-7,9,12H,3,8,15H2,1-2H3,(H,16,17)/t9-,12-/m0/s1. The molecule has 1 rings (SSSR count). The van der Waals surface area contributed by atoms with Crippen molar-refractivity contribution in [2.75, 3.05) is 0 Å². The molecule has 17 heavy (non-hydrogen) atoms. The van der Waals surface area contributed by atoms with Crippen LogP contribution in [0.5, 0.6) is 0 Å². The third-order valence-corrected chi connectivity index (χ3v) is 3.74. The normalized spacial score (nSPS) is 14.1. The van der Waals surface area contributed by atoms with Crippen LogP contribution in [0.15, 0.2) is 28.7 Å². The summed E-state index contributed by atoms with van der Waals surface area (Å²) >= 11 is 3.44. The summed E-state index contributed by atoms with van der Waals surface area (Å²) in [4.78, 5) is 11.8. The Balaban J connectivity index is 2.51. The number of halogens is 1. The highest BCUT2D eigenvalue weighted by atomic mass is 79.9. The zero-order valence-electron chi connectivity index (χ0n) is 10.2. The third-order valence-electron chi connectivity index (χ3n) is 2.97. The topological polar surface area (TPSA) is 55.1 Å². The molecule has 0 radical (unpaired) electrons. The quantitative estimate of drug-likeness (QED) is 0.877. The van der Waals surface area contributed by atoms with Gasteiger partial charge >= 0.3 is 0 Å². The number of hydrogen-bond acceptors (Lipinski definition) is 2. The number of amides is 1. The van der Waals surface area contributed by atoms with Gasteiger partial charge in [-0.3, -0.25) is 4.79 Å². The zero-order chi connectivity index (χ0) is 12.8. The minimum atomic E-state index is -0.428. The molecular weight excluding hydrogens is 280 g/mol. The number of carbonyl (C=O) groups is 1. The fraction of sp³-hybridized carbons (Fsp3) is 0.462. The van der Waals surface area contributed by atoms with Crippen molar-refractivity contribution in [1.82, 2.24) is 5.32 Å². The summed E-state index contributed by atoms with van der Waals surface area (Å²) in [6.45, 7) is 4.53. The fourth-order valence-corrected chi connectivity index (χ4v) is 1.88. The van der Waals surface area contributed by atoms with E-state index < -0.39 is 6.04 Å². The maximum absolute atomic E-state index is 11.8. The molecular formula is C13H19BrN2O. The Labute approximate surface area is 111 Å². The van der Waals surface area contributed by atoms with Gasteiger partial charge in [-0.1, -0.05) is 54.4 Å². The highest BCUT2D eigenvalue weighted by molar-refractivity contribution is 9.10. The van der Waals surface area contributed by atoms with E-state index in [9.17, 15) is 4.79 Å². The molecule has 0 aliphatic heterocycles. The maximum atomic E-state index is 11.8. The summed E-state index contributed by atoms with van der Waals surface area (Å²) in [5.41, 5.74) is 6.90. The third kappa shape index (κ3) is 4.13. The first-order valence-electron chi connectivity index (χ1n) is 5.83. The summed E-state index contributed by atoms with van der Waals surface area (Å²) in [5, 5.41) is 2.86. The van der Waals surface area contributed by atoms with Crippen molar-refractivity contribution >= 4 is 21.8 Å². The van der Waals surface area contributed by atoms with E-state index in [-0.39, 0.29) is 11.8 Å². The Morgan fingerprint density at radius 2 is 2.12 bits per heavy atom. The lowest BCUT2D eigenvalue weighted by Gasteiger charge is -2.17. The van der Waals surface area contributed by atoms with Gasteiger partial charge in [-0.25, -0.2) is 0 Å². The number of benzene rings is 1. The van der Waals surface area contributed by atoms with Gasteiger partial charge in [0, 0.05) is 11.0 Å². The number of nitrogens with two attached hydrogens (primary N) is 1. The van der Waals surface area contributed by atoms with Crippen LogP contribution in [-0.4, -0.2) is 11.9 Å². The SMILES string of the molecule is CC[C@H](C)[C@H](N)C(=O)NCc1ccccc1Br. The summed E-state index contributed by atoms with van der Waals surface area (Å²) in [6.07, 6.45) is 0.906. The summed E-state index contributed by atoms with van der Waals surface area (Å²) in [5.74, 6) is 0.115. The van der Waals surface area contributed by atoms with Gasteiger partial charge in [-0.05, 0) is 17.5 Å². The predicted molar refractivity (Wildman–Crippen MR) is 73.4 cm³/mol.